The van der Waals surface area contributed by atoms with Gasteiger partial charge >= 0.3 is 0 Å². The van der Waals surface area contributed by atoms with Crippen LogP contribution in [0.15, 0.2) is 24.3 Å². The maximum atomic E-state index is 9.45. The molecule has 0 aromatic heterocycles. The largest absolute Gasteiger partial charge is 0.491 e. The molecule has 114 valence electrons. The van der Waals surface area contributed by atoms with Gasteiger partial charge in [0.05, 0.1) is 6.10 Å². The van der Waals surface area contributed by atoms with Gasteiger partial charge in [-0.3, -0.25) is 0 Å². The second-order valence-corrected chi connectivity index (χ2v) is 6.16. The summed E-state index contributed by atoms with van der Waals surface area (Å²) in [7, 11) is 0. The lowest BCUT2D eigenvalue weighted by Crippen LogP contribution is -2.35. The highest BCUT2D eigenvalue weighted by Crippen LogP contribution is 2.23. The topological polar surface area (TPSA) is 41.5 Å². The molecule has 0 aliphatic heterocycles. The molecule has 3 heteroatoms. The van der Waals surface area contributed by atoms with Crippen molar-refractivity contribution < 1.29 is 9.84 Å². The Hall–Kier alpha value is -1.06. The van der Waals surface area contributed by atoms with Crippen molar-refractivity contribution in [3.05, 3.63) is 29.8 Å². The summed E-state index contributed by atoms with van der Waals surface area (Å²) < 4.78 is 5.72. The van der Waals surface area contributed by atoms with E-state index in [0.29, 0.717) is 0 Å². The highest BCUT2D eigenvalue weighted by atomic mass is 16.5. The first-order valence-electron chi connectivity index (χ1n) is 7.51. The van der Waals surface area contributed by atoms with Crippen LogP contribution in [0.2, 0.25) is 0 Å². The zero-order valence-electron chi connectivity index (χ0n) is 13.4. The Kier molecular flexibility index (Phi) is 6.50. The number of ether oxygens (including phenoxy) is 1. The fourth-order valence-electron chi connectivity index (χ4n) is 1.94. The number of rotatable bonds is 8. The van der Waals surface area contributed by atoms with Crippen LogP contribution in [0, 0.1) is 5.41 Å². The van der Waals surface area contributed by atoms with E-state index in [1.165, 1.54) is 5.56 Å². The van der Waals surface area contributed by atoms with E-state index in [4.69, 9.17) is 4.74 Å². The molecule has 1 rings (SSSR count). The molecule has 0 bridgehead atoms. The van der Waals surface area contributed by atoms with E-state index >= 15 is 0 Å². The van der Waals surface area contributed by atoms with Crippen molar-refractivity contribution in [2.45, 2.75) is 53.2 Å². The van der Waals surface area contributed by atoms with Crippen LogP contribution in [0.5, 0.6) is 5.75 Å². The van der Waals surface area contributed by atoms with E-state index in [9.17, 15) is 5.11 Å². The fraction of sp³-hybridized carbons (Fsp3) is 0.647. The summed E-state index contributed by atoms with van der Waals surface area (Å²) in [6, 6.07) is 8.44. The van der Waals surface area contributed by atoms with Crippen LogP contribution in [-0.4, -0.2) is 24.4 Å². The Morgan fingerprint density at radius 2 is 2.00 bits per heavy atom. The molecule has 0 amide bonds. The van der Waals surface area contributed by atoms with Gasteiger partial charge in [0, 0.05) is 24.6 Å². The molecule has 0 fully saturated rings. The molecule has 0 saturated heterocycles. The van der Waals surface area contributed by atoms with Gasteiger partial charge in [-0.1, -0.05) is 26.0 Å². The van der Waals surface area contributed by atoms with Gasteiger partial charge in [-0.2, -0.15) is 0 Å². The molecule has 0 spiro atoms. The van der Waals surface area contributed by atoms with Gasteiger partial charge in [-0.05, 0) is 44.9 Å². The van der Waals surface area contributed by atoms with Crippen LogP contribution < -0.4 is 10.1 Å². The summed E-state index contributed by atoms with van der Waals surface area (Å²) in [6.45, 7) is 11.4. The molecule has 0 aliphatic rings. The molecule has 2 unspecified atom stereocenters. The third kappa shape index (κ3) is 5.14. The molecular formula is C17H29NO2. The van der Waals surface area contributed by atoms with Crippen molar-refractivity contribution in [1.82, 2.24) is 5.32 Å². The van der Waals surface area contributed by atoms with Crippen molar-refractivity contribution >= 4 is 0 Å². The summed E-state index contributed by atoms with van der Waals surface area (Å²) in [4.78, 5) is 0. The van der Waals surface area contributed by atoms with E-state index in [1.54, 1.807) is 0 Å². The lowest BCUT2D eigenvalue weighted by molar-refractivity contribution is 0.132. The van der Waals surface area contributed by atoms with Crippen LogP contribution in [0.1, 0.15) is 52.6 Å². The molecule has 0 saturated carbocycles. The van der Waals surface area contributed by atoms with Crippen molar-refractivity contribution in [1.29, 1.82) is 0 Å². The zero-order chi connectivity index (χ0) is 15.2. The molecule has 2 N–H and O–H groups in total. The van der Waals surface area contributed by atoms with E-state index < -0.39 is 0 Å². The van der Waals surface area contributed by atoms with E-state index in [1.807, 2.05) is 26.0 Å². The SMILES string of the molecule is CCC(C)(CO)CNC(C)c1cccc(OC(C)C)c1. The van der Waals surface area contributed by atoms with Crippen LogP contribution in [0.4, 0.5) is 0 Å². The minimum atomic E-state index is -0.0553. The number of nitrogens with one attached hydrogen (secondary N) is 1. The first-order valence-corrected chi connectivity index (χ1v) is 7.51. The average molecular weight is 279 g/mol. The molecule has 2 atom stereocenters. The summed E-state index contributed by atoms with van der Waals surface area (Å²) >= 11 is 0. The van der Waals surface area contributed by atoms with Crippen molar-refractivity contribution in [2.75, 3.05) is 13.2 Å². The predicted molar refractivity (Wildman–Crippen MR) is 84.1 cm³/mol. The number of aliphatic hydroxyl groups excluding tert-OH is 1. The highest BCUT2D eigenvalue weighted by Gasteiger charge is 2.21. The van der Waals surface area contributed by atoms with Crippen LogP contribution >= 0.6 is 0 Å². The normalized spacial score (nSPS) is 15.9. The summed E-state index contributed by atoms with van der Waals surface area (Å²) in [5.41, 5.74) is 1.15. The predicted octanol–water partition coefficient (Wildman–Crippen LogP) is 3.53. The number of hydrogen-bond donors (Lipinski definition) is 2. The molecule has 0 aliphatic carbocycles. The van der Waals surface area contributed by atoms with Crippen molar-refractivity contribution in [3.63, 3.8) is 0 Å². The van der Waals surface area contributed by atoms with Crippen LogP contribution in [0.3, 0.4) is 0 Å². The third-order valence-electron chi connectivity index (χ3n) is 3.80. The molecule has 1 aromatic carbocycles. The number of hydrogen-bond acceptors (Lipinski definition) is 3. The zero-order valence-corrected chi connectivity index (χ0v) is 13.4. The molecule has 3 nitrogen and oxygen atoms in total. The first-order chi connectivity index (χ1) is 9.40. The maximum Gasteiger partial charge on any atom is 0.120 e. The van der Waals surface area contributed by atoms with Gasteiger partial charge < -0.3 is 15.2 Å². The second kappa shape index (κ2) is 7.65. The number of benzene rings is 1. The Morgan fingerprint density at radius 1 is 1.30 bits per heavy atom. The minimum absolute atomic E-state index is 0.0553. The smallest absolute Gasteiger partial charge is 0.120 e. The molecule has 0 heterocycles. The Morgan fingerprint density at radius 3 is 2.55 bits per heavy atom. The first kappa shape index (κ1) is 17.0. The van der Waals surface area contributed by atoms with Gasteiger partial charge in [0.1, 0.15) is 5.75 Å². The maximum absolute atomic E-state index is 9.45. The Bertz CT molecular complexity index is 400. The lowest BCUT2D eigenvalue weighted by Gasteiger charge is -2.28. The fourth-order valence-corrected chi connectivity index (χ4v) is 1.94. The summed E-state index contributed by atoms with van der Waals surface area (Å²) in [5, 5.41) is 13.0. The quantitative estimate of drug-likeness (QED) is 0.765. The standard InChI is InChI=1S/C17H29NO2/c1-6-17(5,12-19)11-18-14(4)15-8-7-9-16(10-15)20-13(2)3/h7-10,13-14,18-19H,6,11-12H2,1-5H3. The molecule has 20 heavy (non-hydrogen) atoms. The van der Waals surface area contributed by atoms with Crippen molar-refractivity contribution in [3.8, 4) is 5.75 Å². The minimum Gasteiger partial charge on any atom is -0.491 e. The van der Waals surface area contributed by atoms with E-state index in [0.717, 1.165) is 18.7 Å². The van der Waals surface area contributed by atoms with E-state index in [2.05, 4.69) is 38.2 Å². The van der Waals surface area contributed by atoms with Gasteiger partial charge in [0.15, 0.2) is 0 Å². The molecule has 0 radical (unpaired) electrons. The number of aliphatic hydroxyl groups is 1. The Balaban J connectivity index is 2.65. The van der Waals surface area contributed by atoms with Gasteiger partial charge in [0.25, 0.3) is 0 Å². The second-order valence-electron chi connectivity index (χ2n) is 6.16. The van der Waals surface area contributed by atoms with Crippen LogP contribution in [-0.2, 0) is 0 Å². The van der Waals surface area contributed by atoms with Crippen molar-refractivity contribution in [2.24, 2.45) is 5.41 Å². The Labute approximate surface area is 123 Å². The third-order valence-corrected chi connectivity index (χ3v) is 3.80. The average Bonchev–Trinajstić information content (AvgIpc) is 2.44. The van der Waals surface area contributed by atoms with Gasteiger partial charge in [-0.25, -0.2) is 0 Å². The van der Waals surface area contributed by atoms with E-state index in [-0.39, 0.29) is 24.2 Å². The monoisotopic (exact) mass is 279 g/mol. The lowest BCUT2D eigenvalue weighted by atomic mass is 9.88. The summed E-state index contributed by atoms with van der Waals surface area (Å²) in [6.07, 6.45) is 1.14. The summed E-state index contributed by atoms with van der Waals surface area (Å²) in [5.74, 6) is 0.909. The van der Waals surface area contributed by atoms with Gasteiger partial charge in [0.2, 0.25) is 0 Å². The van der Waals surface area contributed by atoms with Crippen LogP contribution in [0.25, 0.3) is 0 Å². The molecule has 1 aromatic rings. The molecular weight excluding hydrogens is 250 g/mol. The van der Waals surface area contributed by atoms with Gasteiger partial charge in [-0.15, -0.1) is 0 Å². The highest BCUT2D eigenvalue weighted by molar-refractivity contribution is 5.30.